The Morgan fingerprint density at radius 1 is 1.11 bits per heavy atom. The average molecular weight is 522 g/mol. The molecule has 1 aromatic heterocycles. The Labute approximate surface area is 220 Å². The molecule has 10 heteroatoms. The van der Waals surface area contributed by atoms with Gasteiger partial charge in [-0.05, 0) is 57.5 Å². The lowest BCUT2D eigenvalue weighted by molar-refractivity contribution is -0.113. The molecule has 3 rings (SSSR count). The number of thioether (sulfide) groups is 1. The van der Waals surface area contributed by atoms with Crippen molar-refractivity contribution in [3.63, 3.8) is 0 Å². The van der Waals surface area contributed by atoms with Crippen molar-refractivity contribution in [1.29, 1.82) is 0 Å². The predicted octanol–water partition coefficient (Wildman–Crippen LogP) is 4.56. The van der Waals surface area contributed by atoms with Crippen LogP contribution in [-0.2, 0) is 16.1 Å². The van der Waals surface area contributed by atoms with E-state index in [0.717, 1.165) is 5.56 Å². The van der Waals surface area contributed by atoms with Crippen molar-refractivity contribution in [1.82, 2.24) is 20.1 Å². The molecule has 2 amide bonds. The van der Waals surface area contributed by atoms with E-state index in [-0.39, 0.29) is 23.7 Å². The van der Waals surface area contributed by atoms with Crippen molar-refractivity contribution < 1.29 is 19.1 Å². The summed E-state index contributed by atoms with van der Waals surface area (Å²) >= 11 is 1.21. The Morgan fingerprint density at radius 2 is 1.86 bits per heavy atom. The molecule has 0 fully saturated rings. The highest BCUT2D eigenvalue weighted by molar-refractivity contribution is 7.99. The number of nitrogens with one attached hydrogen (secondary N) is 2. The van der Waals surface area contributed by atoms with E-state index in [0.29, 0.717) is 34.3 Å². The zero-order valence-corrected chi connectivity index (χ0v) is 22.2. The molecule has 194 valence electrons. The highest BCUT2D eigenvalue weighted by Crippen LogP contribution is 2.22. The monoisotopic (exact) mass is 521 g/mol. The molecular weight excluding hydrogens is 490 g/mol. The third-order valence-corrected chi connectivity index (χ3v) is 6.21. The lowest BCUT2D eigenvalue weighted by Crippen LogP contribution is -2.29. The summed E-state index contributed by atoms with van der Waals surface area (Å²) in [6.45, 7) is 11.5. The second-order valence-electron chi connectivity index (χ2n) is 8.62. The van der Waals surface area contributed by atoms with Gasteiger partial charge in [-0.2, -0.15) is 0 Å². The smallest absolute Gasteiger partial charge is 0.338 e. The summed E-state index contributed by atoms with van der Waals surface area (Å²) in [5.41, 5.74) is 2.32. The molecule has 0 bridgehead atoms. The van der Waals surface area contributed by atoms with Crippen LogP contribution in [0.1, 0.15) is 58.9 Å². The van der Waals surface area contributed by atoms with Gasteiger partial charge in [0.2, 0.25) is 5.91 Å². The normalized spacial score (nSPS) is 11.6. The van der Waals surface area contributed by atoms with Gasteiger partial charge in [-0.1, -0.05) is 42.1 Å². The molecule has 0 saturated heterocycles. The van der Waals surface area contributed by atoms with Crippen LogP contribution in [0.3, 0.4) is 0 Å². The molecular formula is C27H31N5O4S. The molecule has 37 heavy (non-hydrogen) atoms. The molecule has 1 atom stereocenters. The molecule has 2 N–H and O–H groups in total. The Hall–Kier alpha value is -3.92. The van der Waals surface area contributed by atoms with Crippen LogP contribution >= 0.6 is 11.8 Å². The van der Waals surface area contributed by atoms with Crippen molar-refractivity contribution in [2.75, 3.05) is 11.1 Å². The van der Waals surface area contributed by atoms with E-state index in [9.17, 15) is 14.4 Å². The van der Waals surface area contributed by atoms with Crippen LogP contribution < -0.4 is 10.6 Å². The summed E-state index contributed by atoms with van der Waals surface area (Å²) in [7, 11) is 0. The van der Waals surface area contributed by atoms with Gasteiger partial charge in [0, 0.05) is 17.8 Å². The lowest BCUT2D eigenvalue weighted by Gasteiger charge is -2.16. The minimum atomic E-state index is -0.450. The zero-order valence-electron chi connectivity index (χ0n) is 21.4. The average Bonchev–Trinajstić information content (AvgIpc) is 3.25. The summed E-state index contributed by atoms with van der Waals surface area (Å²) in [6.07, 6.45) is 1.47. The fourth-order valence-electron chi connectivity index (χ4n) is 3.53. The number of anilines is 1. The van der Waals surface area contributed by atoms with E-state index < -0.39 is 12.0 Å². The fraction of sp³-hybridized carbons (Fsp3) is 0.296. The molecule has 2 aromatic carbocycles. The van der Waals surface area contributed by atoms with Crippen LogP contribution in [0.5, 0.6) is 0 Å². The van der Waals surface area contributed by atoms with Crippen LogP contribution in [0.2, 0.25) is 0 Å². The minimum absolute atomic E-state index is 0.0693. The summed E-state index contributed by atoms with van der Waals surface area (Å²) in [6, 6.07) is 13.5. The number of carbonyl (C=O) groups is 3. The van der Waals surface area contributed by atoms with Crippen molar-refractivity contribution in [3.8, 4) is 0 Å². The molecule has 0 spiro atoms. The Morgan fingerprint density at radius 3 is 2.57 bits per heavy atom. The van der Waals surface area contributed by atoms with E-state index in [4.69, 9.17) is 4.74 Å². The van der Waals surface area contributed by atoms with Crippen LogP contribution in [-0.4, -0.2) is 44.4 Å². The largest absolute Gasteiger partial charge is 0.459 e. The van der Waals surface area contributed by atoms with E-state index in [1.165, 1.54) is 11.8 Å². The van der Waals surface area contributed by atoms with Crippen molar-refractivity contribution >= 4 is 35.2 Å². The summed E-state index contributed by atoms with van der Waals surface area (Å²) in [5.74, 6) is -0.294. The number of esters is 1. The molecule has 0 aliphatic carbocycles. The van der Waals surface area contributed by atoms with Gasteiger partial charge in [-0.3, -0.25) is 9.59 Å². The molecule has 0 aliphatic rings. The van der Waals surface area contributed by atoms with Crippen molar-refractivity contribution in [2.45, 2.75) is 51.5 Å². The Balaban J connectivity index is 1.65. The number of allylic oxidation sites excluding steroid dienone is 1. The third kappa shape index (κ3) is 7.53. The lowest BCUT2D eigenvalue weighted by atomic mass is 10.1. The van der Waals surface area contributed by atoms with Gasteiger partial charge in [0.05, 0.1) is 23.5 Å². The number of nitrogens with zero attached hydrogens (tertiary/aromatic N) is 3. The first-order chi connectivity index (χ1) is 17.7. The summed E-state index contributed by atoms with van der Waals surface area (Å²) < 4.78 is 7.02. The first kappa shape index (κ1) is 27.7. The minimum Gasteiger partial charge on any atom is -0.459 e. The maximum Gasteiger partial charge on any atom is 0.338 e. The molecule has 0 radical (unpaired) electrons. The highest BCUT2D eigenvalue weighted by Gasteiger charge is 2.21. The van der Waals surface area contributed by atoms with Gasteiger partial charge in [0.1, 0.15) is 0 Å². The standard InChI is InChI=1S/C27H31N5O4S/c1-6-14-32-24(19(5)28-25(34)22-13-8-7-10-18(22)4)30-31-27(32)37-16-23(33)29-21-12-9-11-20(15-21)26(35)36-17(2)3/h6-13,15,17,19H,1,14,16H2,2-5H3,(H,28,34)(H,29,33)/t19-/m1/s1. The van der Waals surface area contributed by atoms with Crippen LogP contribution in [0, 0.1) is 6.92 Å². The molecule has 0 saturated carbocycles. The molecule has 0 aliphatic heterocycles. The van der Waals surface area contributed by atoms with E-state index in [1.807, 2.05) is 36.6 Å². The highest BCUT2D eigenvalue weighted by atomic mass is 32.2. The third-order valence-electron chi connectivity index (χ3n) is 5.24. The second kappa shape index (κ2) is 12.9. The van der Waals surface area contributed by atoms with Crippen molar-refractivity contribution in [2.24, 2.45) is 0 Å². The number of hydrogen-bond acceptors (Lipinski definition) is 7. The van der Waals surface area contributed by atoms with E-state index in [1.54, 1.807) is 50.3 Å². The van der Waals surface area contributed by atoms with Crippen LogP contribution in [0.15, 0.2) is 66.3 Å². The maximum atomic E-state index is 12.8. The van der Waals surface area contributed by atoms with Gasteiger partial charge in [0.15, 0.2) is 11.0 Å². The van der Waals surface area contributed by atoms with Gasteiger partial charge in [-0.15, -0.1) is 16.8 Å². The summed E-state index contributed by atoms with van der Waals surface area (Å²) in [4.78, 5) is 37.5. The second-order valence-corrected chi connectivity index (χ2v) is 9.56. The van der Waals surface area contributed by atoms with Gasteiger partial charge in [-0.25, -0.2) is 4.79 Å². The van der Waals surface area contributed by atoms with Gasteiger partial charge in [0.25, 0.3) is 5.91 Å². The molecule has 0 unspecified atom stereocenters. The maximum absolute atomic E-state index is 12.8. The number of aromatic nitrogens is 3. The number of benzene rings is 2. The number of ether oxygens (including phenoxy) is 1. The van der Waals surface area contributed by atoms with Crippen LogP contribution in [0.25, 0.3) is 0 Å². The quantitative estimate of drug-likeness (QED) is 0.216. The van der Waals surface area contributed by atoms with Crippen molar-refractivity contribution in [3.05, 3.63) is 83.7 Å². The number of carbonyl (C=O) groups excluding carboxylic acids is 3. The number of aryl methyl sites for hydroxylation is 1. The summed E-state index contributed by atoms with van der Waals surface area (Å²) in [5, 5.41) is 14.8. The first-order valence-electron chi connectivity index (χ1n) is 11.8. The first-order valence-corrected chi connectivity index (χ1v) is 12.8. The Bertz CT molecular complexity index is 1290. The van der Waals surface area contributed by atoms with Gasteiger partial charge >= 0.3 is 5.97 Å². The fourth-order valence-corrected chi connectivity index (χ4v) is 4.28. The van der Waals surface area contributed by atoms with E-state index >= 15 is 0 Å². The van der Waals surface area contributed by atoms with E-state index in [2.05, 4.69) is 27.4 Å². The van der Waals surface area contributed by atoms with Gasteiger partial charge < -0.3 is 19.9 Å². The molecule has 9 nitrogen and oxygen atoms in total. The SMILES string of the molecule is C=CCn1c(SCC(=O)Nc2cccc(C(=O)OC(C)C)c2)nnc1[C@@H](C)NC(=O)c1ccccc1C. The number of hydrogen-bond donors (Lipinski definition) is 2. The topological polar surface area (TPSA) is 115 Å². The van der Waals surface area contributed by atoms with Crippen LogP contribution in [0.4, 0.5) is 5.69 Å². The Kier molecular flexibility index (Phi) is 9.62. The number of rotatable bonds is 11. The predicted molar refractivity (Wildman–Crippen MR) is 144 cm³/mol. The molecule has 3 aromatic rings. The number of amides is 2. The zero-order chi connectivity index (χ0) is 26.9. The molecule has 1 heterocycles.